The van der Waals surface area contributed by atoms with Crippen LogP contribution < -0.4 is 5.32 Å². The Bertz CT molecular complexity index is 536. The summed E-state index contributed by atoms with van der Waals surface area (Å²) in [5, 5.41) is 3.75. The van der Waals surface area contributed by atoms with Crippen LogP contribution in [0.1, 0.15) is 24.3 Å². The van der Waals surface area contributed by atoms with Gasteiger partial charge in [0.05, 0.1) is 4.70 Å². The maximum Gasteiger partial charge on any atom is 0.271 e. The Kier molecular flexibility index (Phi) is 3.25. The molecule has 0 bridgehead atoms. The van der Waals surface area contributed by atoms with E-state index in [2.05, 4.69) is 25.6 Å². The number of carbonyl (C=O) groups excluding carboxylic acids is 1. The third-order valence-corrected chi connectivity index (χ3v) is 3.37. The van der Waals surface area contributed by atoms with Gasteiger partial charge in [-0.1, -0.05) is 15.9 Å². The molecule has 0 aliphatic heterocycles. The highest BCUT2D eigenvalue weighted by atomic mass is 79.9. The number of rotatable bonds is 2. The van der Waals surface area contributed by atoms with Crippen LogP contribution in [0.15, 0.2) is 22.7 Å². The number of halogens is 1. The number of carbonyl (C=O) groups is 1. The van der Waals surface area contributed by atoms with Crippen LogP contribution in [0, 0.1) is 0 Å². The molecule has 0 radical (unpaired) electrons. The number of benzene rings is 1. The van der Waals surface area contributed by atoms with Crippen molar-refractivity contribution in [1.29, 1.82) is 0 Å². The summed E-state index contributed by atoms with van der Waals surface area (Å²) in [4.78, 5) is 11.8. The fraction of sp³-hybridized carbons (Fsp3) is 0.273. The lowest BCUT2D eigenvalue weighted by atomic mass is 10.2. The van der Waals surface area contributed by atoms with Crippen LogP contribution in [-0.4, -0.2) is 16.3 Å². The van der Waals surface area contributed by atoms with Gasteiger partial charge in [0.15, 0.2) is 0 Å². The molecular weight excluding hydrogens is 288 g/mol. The molecule has 1 aromatic heterocycles. The van der Waals surface area contributed by atoms with Crippen molar-refractivity contribution in [2.24, 2.45) is 0 Å². The van der Waals surface area contributed by atoms with E-state index < -0.39 is 0 Å². The second-order valence-electron chi connectivity index (χ2n) is 3.80. The minimum Gasteiger partial charge on any atom is -0.348 e. The first-order valence-electron chi connectivity index (χ1n) is 4.93. The highest BCUT2D eigenvalue weighted by Gasteiger charge is 2.14. The van der Waals surface area contributed by atoms with Crippen molar-refractivity contribution in [1.82, 2.24) is 9.69 Å². The summed E-state index contributed by atoms with van der Waals surface area (Å²) in [5.74, 6) is -0.108. The van der Waals surface area contributed by atoms with Crippen LogP contribution in [0.5, 0.6) is 0 Å². The standard InChI is InChI=1S/C11H11BrN2OS/c1-6(2)13-11(15)10-8-4-3-7(12)5-9(8)16-14-10/h3-6H,1-2H3,(H,13,15). The molecule has 3 nitrogen and oxygen atoms in total. The molecule has 0 aliphatic carbocycles. The van der Waals surface area contributed by atoms with Crippen LogP contribution in [0.2, 0.25) is 0 Å². The molecule has 0 atom stereocenters. The average Bonchev–Trinajstić information content (AvgIpc) is 2.59. The minimum atomic E-state index is -0.108. The highest BCUT2D eigenvalue weighted by Crippen LogP contribution is 2.26. The summed E-state index contributed by atoms with van der Waals surface area (Å²) >= 11 is 4.74. The molecule has 0 saturated carbocycles. The lowest BCUT2D eigenvalue weighted by molar-refractivity contribution is 0.0941. The summed E-state index contributed by atoms with van der Waals surface area (Å²) in [6.45, 7) is 3.87. The van der Waals surface area contributed by atoms with Crippen molar-refractivity contribution in [3.8, 4) is 0 Å². The maximum atomic E-state index is 11.8. The van der Waals surface area contributed by atoms with E-state index in [0.717, 1.165) is 14.6 Å². The predicted molar refractivity (Wildman–Crippen MR) is 69.9 cm³/mol. The highest BCUT2D eigenvalue weighted by molar-refractivity contribution is 9.10. The Balaban J connectivity index is 2.42. The summed E-state index contributed by atoms with van der Waals surface area (Å²) in [6.07, 6.45) is 0. The minimum absolute atomic E-state index is 0.108. The molecule has 0 aliphatic rings. The zero-order valence-electron chi connectivity index (χ0n) is 8.95. The van der Waals surface area contributed by atoms with Gasteiger partial charge in [0.25, 0.3) is 5.91 Å². The molecule has 5 heteroatoms. The molecule has 0 fully saturated rings. The van der Waals surface area contributed by atoms with Crippen molar-refractivity contribution in [3.63, 3.8) is 0 Å². The first-order valence-corrected chi connectivity index (χ1v) is 6.50. The van der Waals surface area contributed by atoms with Gasteiger partial charge in [-0.25, -0.2) is 0 Å². The number of fused-ring (bicyclic) bond motifs is 1. The molecule has 1 amide bonds. The number of nitrogens with one attached hydrogen (secondary N) is 1. The SMILES string of the molecule is CC(C)NC(=O)c1nsc2cc(Br)ccc12. The van der Waals surface area contributed by atoms with Crippen molar-refractivity contribution in [2.75, 3.05) is 0 Å². The molecule has 16 heavy (non-hydrogen) atoms. The van der Waals surface area contributed by atoms with Gasteiger partial charge in [0.1, 0.15) is 5.69 Å². The third kappa shape index (κ3) is 2.25. The van der Waals surface area contributed by atoms with Crippen molar-refractivity contribution in [2.45, 2.75) is 19.9 Å². The molecule has 2 aromatic rings. The van der Waals surface area contributed by atoms with Crippen LogP contribution >= 0.6 is 27.5 Å². The number of hydrogen-bond acceptors (Lipinski definition) is 3. The Hall–Kier alpha value is -0.940. The quantitative estimate of drug-likeness (QED) is 0.925. The van der Waals surface area contributed by atoms with Crippen molar-refractivity contribution < 1.29 is 4.79 Å². The van der Waals surface area contributed by atoms with E-state index in [-0.39, 0.29) is 11.9 Å². The van der Waals surface area contributed by atoms with Gasteiger partial charge in [-0.05, 0) is 43.6 Å². The predicted octanol–water partition coefficient (Wildman–Crippen LogP) is 3.20. The lowest BCUT2D eigenvalue weighted by Gasteiger charge is -2.06. The van der Waals surface area contributed by atoms with E-state index in [1.54, 1.807) is 0 Å². The van der Waals surface area contributed by atoms with Gasteiger partial charge < -0.3 is 5.32 Å². The summed E-state index contributed by atoms with van der Waals surface area (Å²) in [7, 11) is 0. The zero-order chi connectivity index (χ0) is 11.7. The lowest BCUT2D eigenvalue weighted by Crippen LogP contribution is -2.30. The van der Waals surface area contributed by atoms with Gasteiger partial charge in [0, 0.05) is 15.9 Å². The molecule has 1 aromatic carbocycles. The first kappa shape index (κ1) is 11.5. The Labute approximate surface area is 106 Å². The van der Waals surface area contributed by atoms with Crippen LogP contribution in [0.3, 0.4) is 0 Å². The van der Waals surface area contributed by atoms with E-state index in [9.17, 15) is 4.79 Å². The van der Waals surface area contributed by atoms with Gasteiger partial charge in [-0.15, -0.1) is 0 Å². The first-order chi connectivity index (χ1) is 7.58. The summed E-state index contributed by atoms with van der Waals surface area (Å²) in [5.41, 5.74) is 0.515. The topological polar surface area (TPSA) is 42.0 Å². The van der Waals surface area contributed by atoms with E-state index in [1.165, 1.54) is 11.5 Å². The van der Waals surface area contributed by atoms with Gasteiger partial charge >= 0.3 is 0 Å². The van der Waals surface area contributed by atoms with Crippen molar-refractivity contribution in [3.05, 3.63) is 28.4 Å². The largest absolute Gasteiger partial charge is 0.348 e. The molecule has 0 spiro atoms. The van der Waals surface area contributed by atoms with Crippen LogP contribution in [0.25, 0.3) is 10.1 Å². The third-order valence-electron chi connectivity index (χ3n) is 2.07. The number of nitrogens with zero attached hydrogens (tertiary/aromatic N) is 1. The van der Waals surface area contributed by atoms with Crippen LogP contribution in [-0.2, 0) is 0 Å². The molecular formula is C11H11BrN2OS. The number of amides is 1. The second-order valence-corrected chi connectivity index (χ2v) is 5.52. The van der Waals surface area contributed by atoms with Gasteiger partial charge in [-0.2, -0.15) is 4.37 Å². The molecule has 84 valence electrons. The fourth-order valence-electron chi connectivity index (χ4n) is 1.41. The molecule has 0 unspecified atom stereocenters. The van der Waals surface area contributed by atoms with Gasteiger partial charge in [0.2, 0.25) is 0 Å². The second kappa shape index (κ2) is 4.51. The van der Waals surface area contributed by atoms with Crippen LogP contribution in [0.4, 0.5) is 0 Å². The zero-order valence-corrected chi connectivity index (χ0v) is 11.4. The van der Waals surface area contributed by atoms with Crippen molar-refractivity contribution >= 4 is 43.5 Å². The molecule has 1 N–H and O–H groups in total. The number of hydrogen-bond donors (Lipinski definition) is 1. The average molecular weight is 299 g/mol. The summed E-state index contributed by atoms with van der Waals surface area (Å²) in [6, 6.07) is 5.93. The smallest absolute Gasteiger partial charge is 0.271 e. The maximum absolute atomic E-state index is 11.8. The molecule has 2 rings (SSSR count). The Morgan fingerprint density at radius 3 is 2.94 bits per heavy atom. The van der Waals surface area contributed by atoms with E-state index >= 15 is 0 Å². The van der Waals surface area contributed by atoms with Gasteiger partial charge in [-0.3, -0.25) is 4.79 Å². The monoisotopic (exact) mass is 298 g/mol. The van der Waals surface area contributed by atoms with E-state index in [4.69, 9.17) is 0 Å². The number of aromatic nitrogens is 1. The van der Waals surface area contributed by atoms with E-state index in [1.807, 2.05) is 32.0 Å². The molecule has 0 saturated heterocycles. The van der Waals surface area contributed by atoms with E-state index in [0.29, 0.717) is 5.69 Å². The Morgan fingerprint density at radius 1 is 1.50 bits per heavy atom. The molecule has 1 heterocycles. The fourth-order valence-corrected chi connectivity index (χ4v) is 2.73. The summed E-state index contributed by atoms with van der Waals surface area (Å²) < 4.78 is 6.21. The normalized spacial score (nSPS) is 11.0. The Morgan fingerprint density at radius 2 is 2.25 bits per heavy atom.